The molecule has 1 aliphatic heterocycles. The van der Waals surface area contributed by atoms with E-state index in [1.54, 1.807) is 4.90 Å². The number of carbonyl (C=O) groups is 2. The smallest absolute Gasteiger partial charge is 0.247 e. The van der Waals surface area contributed by atoms with Crippen molar-refractivity contribution in [3.8, 4) is 0 Å². The molecule has 0 radical (unpaired) electrons. The monoisotopic (exact) mass is 389 g/mol. The van der Waals surface area contributed by atoms with Gasteiger partial charge in [-0.2, -0.15) is 0 Å². The zero-order valence-electron chi connectivity index (χ0n) is 16.6. The molecule has 1 aromatic heterocycles. The number of fused-ring (bicyclic) bond motifs is 1. The van der Waals surface area contributed by atoms with Crippen molar-refractivity contribution in [2.45, 2.75) is 38.3 Å². The van der Waals surface area contributed by atoms with Crippen molar-refractivity contribution in [3.05, 3.63) is 72.4 Å². The summed E-state index contributed by atoms with van der Waals surface area (Å²) in [7, 11) is 0. The van der Waals surface area contributed by atoms with Crippen LogP contribution in [0.2, 0.25) is 0 Å². The van der Waals surface area contributed by atoms with Gasteiger partial charge in [0.15, 0.2) is 0 Å². The van der Waals surface area contributed by atoms with Gasteiger partial charge in [-0.1, -0.05) is 48.5 Å². The van der Waals surface area contributed by atoms with Crippen molar-refractivity contribution in [1.29, 1.82) is 0 Å². The SMILES string of the molecule is O=C(NCCCn1ccc2ccccc21)C(c1ccccc1)N1CCCCC1=O. The number of rotatable bonds is 7. The third-order valence-electron chi connectivity index (χ3n) is 5.59. The minimum absolute atomic E-state index is 0.0686. The predicted molar refractivity (Wildman–Crippen MR) is 114 cm³/mol. The normalized spacial score (nSPS) is 15.4. The molecule has 0 spiro atoms. The number of aromatic nitrogens is 1. The maximum absolute atomic E-state index is 13.1. The van der Waals surface area contributed by atoms with Crippen LogP contribution in [0.25, 0.3) is 10.9 Å². The van der Waals surface area contributed by atoms with Crippen LogP contribution in [0.4, 0.5) is 0 Å². The molecule has 5 nitrogen and oxygen atoms in total. The lowest BCUT2D eigenvalue weighted by Gasteiger charge is -2.34. The quantitative estimate of drug-likeness (QED) is 0.623. The van der Waals surface area contributed by atoms with Crippen molar-refractivity contribution in [3.63, 3.8) is 0 Å². The molecule has 4 rings (SSSR count). The summed E-state index contributed by atoms with van der Waals surface area (Å²) in [5, 5.41) is 4.29. The number of amides is 2. The van der Waals surface area contributed by atoms with Crippen molar-refractivity contribution >= 4 is 22.7 Å². The summed E-state index contributed by atoms with van der Waals surface area (Å²) in [6.45, 7) is 2.06. The molecule has 2 aromatic carbocycles. The Hall–Kier alpha value is -3.08. The van der Waals surface area contributed by atoms with Gasteiger partial charge in [0.1, 0.15) is 6.04 Å². The van der Waals surface area contributed by atoms with Crippen LogP contribution in [-0.4, -0.2) is 34.4 Å². The van der Waals surface area contributed by atoms with E-state index in [0.29, 0.717) is 19.5 Å². The average Bonchev–Trinajstić information content (AvgIpc) is 3.17. The number of hydrogen-bond donors (Lipinski definition) is 1. The van der Waals surface area contributed by atoms with E-state index in [0.717, 1.165) is 31.4 Å². The van der Waals surface area contributed by atoms with Crippen LogP contribution >= 0.6 is 0 Å². The van der Waals surface area contributed by atoms with Crippen molar-refractivity contribution in [2.24, 2.45) is 0 Å². The Bertz CT molecular complexity index is 980. The molecule has 1 atom stereocenters. The summed E-state index contributed by atoms with van der Waals surface area (Å²) in [6, 6.07) is 19.5. The first-order chi connectivity index (χ1) is 14.2. The molecule has 5 heteroatoms. The lowest BCUT2D eigenvalue weighted by Crippen LogP contribution is -2.46. The molecule has 1 fully saturated rings. The standard InChI is InChI=1S/C24H27N3O2/c28-22-13-6-7-17-27(22)23(20-10-2-1-3-11-20)24(29)25-15-8-16-26-18-14-19-9-4-5-12-21(19)26/h1-5,9-12,14,18,23H,6-8,13,15-17H2,(H,25,29). The van der Waals surface area contributed by atoms with E-state index in [-0.39, 0.29) is 11.8 Å². The zero-order valence-corrected chi connectivity index (χ0v) is 16.6. The molecule has 2 heterocycles. The fourth-order valence-corrected chi connectivity index (χ4v) is 4.10. The van der Waals surface area contributed by atoms with E-state index in [1.165, 1.54) is 10.9 Å². The maximum atomic E-state index is 13.1. The van der Waals surface area contributed by atoms with Gasteiger partial charge in [0.25, 0.3) is 0 Å². The number of carbonyl (C=O) groups excluding carboxylic acids is 2. The second kappa shape index (κ2) is 8.95. The highest BCUT2D eigenvalue weighted by atomic mass is 16.2. The average molecular weight is 389 g/mol. The summed E-state index contributed by atoms with van der Waals surface area (Å²) in [5.74, 6) is -0.0251. The van der Waals surface area contributed by atoms with Gasteiger partial charge in [-0.25, -0.2) is 0 Å². The molecule has 1 unspecified atom stereocenters. The van der Waals surface area contributed by atoms with E-state index in [4.69, 9.17) is 0 Å². The molecule has 1 N–H and O–H groups in total. The Morgan fingerprint density at radius 3 is 2.62 bits per heavy atom. The summed E-state index contributed by atoms with van der Waals surface area (Å²) in [5.41, 5.74) is 2.08. The van der Waals surface area contributed by atoms with Gasteiger partial charge in [0.05, 0.1) is 0 Å². The number of hydrogen-bond acceptors (Lipinski definition) is 2. The molecule has 29 heavy (non-hydrogen) atoms. The van der Waals surface area contributed by atoms with Crippen molar-refractivity contribution in [2.75, 3.05) is 13.1 Å². The van der Waals surface area contributed by atoms with Crippen LogP contribution in [0.3, 0.4) is 0 Å². The second-order valence-electron chi connectivity index (χ2n) is 7.57. The van der Waals surface area contributed by atoms with Crippen LogP contribution in [0.1, 0.15) is 37.3 Å². The van der Waals surface area contributed by atoms with E-state index in [2.05, 4.69) is 34.3 Å². The maximum Gasteiger partial charge on any atom is 0.247 e. The fourth-order valence-electron chi connectivity index (χ4n) is 4.10. The van der Waals surface area contributed by atoms with Crippen LogP contribution in [0, 0.1) is 0 Å². The van der Waals surface area contributed by atoms with E-state index in [1.807, 2.05) is 42.5 Å². The number of likely N-dealkylation sites (tertiary alicyclic amines) is 1. The van der Waals surface area contributed by atoms with E-state index in [9.17, 15) is 9.59 Å². The van der Waals surface area contributed by atoms with Gasteiger partial charge in [-0.3, -0.25) is 9.59 Å². The molecule has 2 amide bonds. The van der Waals surface area contributed by atoms with Crippen molar-refractivity contribution in [1.82, 2.24) is 14.8 Å². The summed E-state index contributed by atoms with van der Waals surface area (Å²) < 4.78 is 2.21. The van der Waals surface area contributed by atoms with Gasteiger partial charge in [-0.05, 0) is 42.3 Å². The Morgan fingerprint density at radius 2 is 1.79 bits per heavy atom. The van der Waals surface area contributed by atoms with Crippen molar-refractivity contribution < 1.29 is 9.59 Å². The number of nitrogens with zero attached hydrogens (tertiary/aromatic N) is 2. The van der Waals surface area contributed by atoms with E-state index >= 15 is 0 Å². The number of piperidine rings is 1. The first-order valence-electron chi connectivity index (χ1n) is 10.4. The Balaban J connectivity index is 1.39. The molecule has 3 aromatic rings. The number of aryl methyl sites for hydroxylation is 1. The largest absolute Gasteiger partial charge is 0.354 e. The van der Waals surface area contributed by atoms with Gasteiger partial charge in [0, 0.05) is 37.8 Å². The number of para-hydroxylation sites is 1. The number of benzene rings is 2. The van der Waals surface area contributed by atoms with Gasteiger partial charge in [0.2, 0.25) is 11.8 Å². The van der Waals surface area contributed by atoms with E-state index < -0.39 is 6.04 Å². The van der Waals surface area contributed by atoms with Gasteiger partial charge < -0.3 is 14.8 Å². The first kappa shape index (κ1) is 19.2. The summed E-state index contributed by atoms with van der Waals surface area (Å²) in [6.07, 6.45) is 5.30. The minimum Gasteiger partial charge on any atom is -0.354 e. The lowest BCUT2D eigenvalue weighted by molar-refractivity contribution is -0.142. The topological polar surface area (TPSA) is 54.3 Å². The lowest BCUT2D eigenvalue weighted by atomic mass is 10.0. The fraction of sp³-hybridized carbons (Fsp3) is 0.333. The molecule has 1 aliphatic rings. The second-order valence-corrected chi connectivity index (χ2v) is 7.57. The molecule has 0 bridgehead atoms. The van der Waals surface area contributed by atoms with Crippen LogP contribution < -0.4 is 5.32 Å². The molecule has 150 valence electrons. The highest BCUT2D eigenvalue weighted by molar-refractivity contribution is 5.89. The molecular weight excluding hydrogens is 362 g/mol. The minimum atomic E-state index is -0.545. The zero-order chi connectivity index (χ0) is 20.1. The Kier molecular flexibility index (Phi) is 5.94. The Morgan fingerprint density at radius 1 is 1.00 bits per heavy atom. The van der Waals surface area contributed by atoms with Crippen LogP contribution in [0.5, 0.6) is 0 Å². The highest BCUT2D eigenvalue weighted by Gasteiger charge is 2.32. The third kappa shape index (κ3) is 4.34. The van der Waals surface area contributed by atoms with Gasteiger partial charge in [-0.15, -0.1) is 0 Å². The third-order valence-corrected chi connectivity index (χ3v) is 5.59. The highest BCUT2D eigenvalue weighted by Crippen LogP contribution is 2.25. The van der Waals surface area contributed by atoms with Crippen LogP contribution in [0.15, 0.2) is 66.9 Å². The molecular formula is C24H27N3O2. The summed E-state index contributed by atoms with van der Waals surface area (Å²) in [4.78, 5) is 27.3. The molecule has 0 aliphatic carbocycles. The van der Waals surface area contributed by atoms with Gasteiger partial charge >= 0.3 is 0 Å². The first-order valence-corrected chi connectivity index (χ1v) is 10.4. The Labute approximate surface area is 171 Å². The number of nitrogens with one attached hydrogen (secondary N) is 1. The summed E-state index contributed by atoms with van der Waals surface area (Å²) >= 11 is 0. The predicted octanol–water partition coefficient (Wildman–Crippen LogP) is 3.90. The molecule has 0 saturated carbocycles. The molecule has 1 saturated heterocycles. The van der Waals surface area contributed by atoms with Crippen LogP contribution in [-0.2, 0) is 16.1 Å².